The van der Waals surface area contributed by atoms with Gasteiger partial charge < -0.3 is 4.90 Å². The molecule has 0 aliphatic carbocycles. The highest BCUT2D eigenvalue weighted by Crippen LogP contribution is 2.19. The van der Waals surface area contributed by atoms with Crippen LogP contribution in [-0.2, 0) is 0 Å². The standard InChI is InChI=1S/C6H6BCl2N3/c1-12(2)5-3(8)4(7)10-6(9)11-5/h1-2H3. The van der Waals surface area contributed by atoms with Crippen molar-refractivity contribution in [3.05, 3.63) is 10.3 Å². The summed E-state index contributed by atoms with van der Waals surface area (Å²) < 4.78 is 0. The van der Waals surface area contributed by atoms with Gasteiger partial charge in [-0.15, -0.1) is 0 Å². The molecule has 2 radical (unpaired) electrons. The zero-order chi connectivity index (χ0) is 9.30. The first-order chi connectivity index (χ1) is 5.52. The minimum Gasteiger partial charge on any atom is -0.361 e. The van der Waals surface area contributed by atoms with Gasteiger partial charge in [-0.1, -0.05) is 11.6 Å². The van der Waals surface area contributed by atoms with Gasteiger partial charge in [-0.05, 0) is 11.6 Å². The number of aromatic nitrogens is 2. The summed E-state index contributed by atoms with van der Waals surface area (Å²) in [6.07, 6.45) is 0. The van der Waals surface area contributed by atoms with Crippen LogP contribution in [0.1, 0.15) is 0 Å². The van der Waals surface area contributed by atoms with Crippen LogP contribution in [0.5, 0.6) is 0 Å². The van der Waals surface area contributed by atoms with E-state index in [2.05, 4.69) is 9.97 Å². The molecule has 1 heterocycles. The Labute approximate surface area is 82.1 Å². The summed E-state index contributed by atoms with van der Waals surface area (Å²) in [6.45, 7) is 0. The van der Waals surface area contributed by atoms with Crippen LogP contribution in [-0.4, -0.2) is 31.9 Å². The summed E-state index contributed by atoms with van der Waals surface area (Å²) in [6, 6.07) is 0. The molecule has 0 N–H and O–H groups in total. The van der Waals surface area contributed by atoms with E-state index in [1.807, 2.05) is 0 Å². The molecule has 1 aromatic heterocycles. The fourth-order valence-electron chi connectivity index (χ4n) is 0.721. The monoisotopic (exact) mass is 201 g/mol. The van der Waals surface area contributed by atoms with Crippen LogP contribution in [0.4, 0.5) is 5.82 Å². The highest BCUT2D eigenvalue weighted by molar-refractivity contribution is 6.46. The predicted octanol–water partition coefficient (Wildman–Crippen LogP) is 0.643. The van der Waals surface area contributed by atoms with E-state index in [0.717, 1.165) is 0 Å². The Bertz CT molecular complexity index is 303. The van der Waals surface area contributed by atoms with Crippen molar-refractivity contribution in [1.29, 1.82) is 0 Å². The van der Waals surface area contributed by atoms with Gasteiger partial charge in [-0.25, -0.2) is 4.98 Å². The molecule has 0 atom stereocenters. The number of rotatable bonds is 1. The van der Waals surface area contributed by atoms with Crippen LogP contribution in [0, 0.1) is 0 Å². The summed E-state index contributed by atoms with van der Waals surface area (Å²) in [5, 5.41) is 0.421. The SMILES string of the molecule is [B]c1nc(Cl)nc(N(C)C)c1Cl. The van der Waals surface area contributed by atoms with Gasteiger partial charge in [0.1, 0.15) is 7.85 Å². The molecule has 0 bridgehead atoms. The van der Waals surface area contributed by atoms with Gasteiger partial charge in [-0.2, -0.15) is 4.98 Å². The molecule has 0 saturated carbocycles. The second-order valence-corrected chi connectivity index (χ2v) is 3.13. The summed E-state index contributed by atoms with van der Waals surface area (Å²) in [4.78, 5) is 9.31. The number of hydrogen-bond acceptors (Lipinski definition) is 3. The van der Waals surface area contributed by atoms with Gasteiger partial charge in [0.05, 0.1) is 5.02 Å². The number of hydrogen-bond donors (Lipinski definition) is 0. The van der Waals surface area contributed by atoms with Gasteiger partial charge in [0.25, 0.3) is 0 Å². The maximum absolute atomic E-state index is 5.81. The van der Waals surface area contributed by atoms with E-state index in [1.165, 1.54) is 0 Å². The van der Waals surface area contributed by atoms with Gasteiger partial charge in [0.15, 0.2) is 5.82 Å². The molecule has 0 spiro atoms. The van der Waals surface area contributed by atoms with Crippen LogP contribution in [0.3, 0.4) is 0 Å². The molecular weight excluding hydrogens is 196 g/mol. The average Bonchev–Trinajstić information content (AvgIpc) is 1.96. The minimum atomic E-state index is 0.0978. The number of halogens is 2. The highest BCUT2D eigenvalue weighted by Gasteiger charge is 2.09. The fraction of sp³-hybridized carbons (Fsp3) is 0.333. The fourth-order valence-corrected chi connectivity index (χ4v) is 1.15. The number of anilines is 1. The molecule has 3 nitrogen and oxygen atoms in total. The quantitative estimate of drug-likeness (QED) is 0.494. The molecule has 6 heteroatoms. The second kappa shape index (κ2) is 3.50. The van der Waals surface area contributed by atoms with Crippen LogP contribution in [0.2, 0.25) is 10.3 Å². The topological polar surface area (TPSA) is 29.0 Å². The Balaban J connectivity index is 3.28. The summed E-state index contributed by atoms with van der Waals surface area (Å²) in [7, 11) is 9.06. The summed E-state index contributed by atoms with van der Waals surface area (Å²) in [5.41, 5.74) is 0.195. The van der Waals surface area contributed by atoms with Crippen LogP contribution < -0.4 is 10.5 Å². The van der Waals surface area contributed by atoms with E-state index in [9.17, 15) is 0 Å². The lowest BCUT2D eigenvalue weighted by Gasteiger charge is -2.13. The van der Waals surface area contributed by atoms with Crippen molar-refractivity contribution in [2.24, 2.45) is 0 Å². The smallest absolute Gasteiger partial charge is 0.223 e. The predicted molar refractivity (Wildman–Crippen MR) is 51.8 cm³/mol. The third kappa shape index (κ3) is 1.82. The molecule has 0 aliphatic rings. The van der Waals surface area contributed by atoms with Crippen molar-refractivity contribution in [3.63, 3.8) is 0 Å². The molecule has 1 rings (SSSR count). The first-order valence-corrected chi connectivity index (χ1v) is 3.94. The maximum Gasteiger partial charge on any atom is 0.223 e. The van der Waals surface area contributed by atoms with Gasteiger partial charge in [-0.3, -0.25) is 0 Å². The van der Waals surface area contributed by atoms with Gasteiger partial charge in [0.2, 0.25) is 5.28 Å². The largest absolute Gasteiger partial charge is 0.361 e. The molecule has 0 saturated heterocycles. The van der Waals surface area contributed by atoms with Crippen LogP contribution in [0.25, 0.3) is 0 Å². The lowest BCUT2D eigenvalue weighted by Crippen LogP contribution is -2.19. The van der Waals surface area contributed by atoms with E-state index in [-0.39, 0.29) is 10.9 Å². The van der Waals surface area contributed by atoms with Crippen molar-refractivity contribution >= 4 is 42.5 Å². The lowest BCUT2D eigenvalue weighted by atomic mass is 10.0. The first-order valence-electron chi connectivity index (χ1n) is 3.18. The Hall–Kier alpha value is -0.475. The molecule has 1 aromatic rings. The van der Waals surface area contributed by atoms with Crippen molar-refractivity contribution in [2.75, 3.05) is 19.0 Å². The molecule has 0 aromatic carbocycles. The Morgan fingerprint density at radius 2 is 1.83 bits per heavy atom. The molecule has 12 heavy (non-hydrogen) atoms. The normalized spacial score (nSPS) is 10.0. The van der Waals surface area contributed by atoms with Gasteiger partial charge >= 0.3 is 0 Å². The highest BCUT2D eigenvalue weighted by atomic mass is 35.5. The lowest BCUT2D eigenvalue weighted by molar-refractivity contribution is 1.05. The van der Waals surface area contributed by atoms with Crippen molar-refractivity contribution < 1.29 is 0 Å². The van der Waals surface area contributed by atoms with Crippen molar-refractivity contribution in [1.82, 2.24) is 9.97 Å². The zero-order valence-electron chi connectivity index (χ0n) is 6.67. The van der Waals surface area contributed by atoms with E-state index in [4.69, 9.17) is 31.0 Å². The molecule has 62 valence electrons. The number of nitrogens with zero attached hydrogens (tertiary/aromatic N) is 3. The third-order valence-corrected chi connectivity index (χ3v) is 1.79. The summed E-state index contributed by atoms with van der Waals surface area (Å²) in [5.74, 6) is 0.522. The Kier molecular flexibility index (Phi) is 2.80. The second-order valence-electron chi connectivity index (χ2n) is 2.41. The molecule has 0 amide bonds. The molecule has 0 unspecified atom stereocenters. The van der Waals surface area contributed by atoms with E-state index in [0.29, 0.717) is 10.8 Å². The van der Waals surface area contributed by atoms with Crippen LogP contribution >= 0.6 is 23.2 Å². The van der Waals surface area contributed by atoms with E-state index in [1.54, 1.807) is 19.0 Å². The van der Waals surface area contributed by atoms with Crippen molar-refractivity contribution in [2.45, 2.75) is 0 Å². The van der Waals surface area contributed by atoms with E-state index < -0.39 is 0 Å². The summed E-state index contributed by atoms with van der Waals surface area (Å²) >= 11 is 11.4. The Morgan fingerprint density at radius 1 is 1.25 bits per heavy atom. The Morgan fingerprint density at radius 3 is 2.33 bits per heavy atom. The third-order valence-electron chi connectivity index (χ3n) is 1.26. The molecule has 0 fully saturated rings. The average molecular weight is 202 g/mol. The van der Waals surface area contributed by atoms with Gasteiger partial charge in [0, 0.05) is 19.7 Å². The molecular formula is C6H6BCl2N3. The minimum absolute atomic E-state index is 0.0978. The molecule has 0 aliphatic heterocycles. The first kappa shape index (κ1) is 9.61. The van der Waals surface area contributed by atoms with Crippen LogP contribution in [0.15, 0.2) is 0 Å². The maximum atomic E-state index is 5.81. The zero-order valence-corrected chi connectivity index (χ0v) is 8.19. The van der Waals surface area contributed by atoms with Crippen molar-refractivity contribution in [3.8, 4) is 0 Å². The van der Waals surface area contributed by atoms with E-state index >= 15 is 0 Å².